The summed E-state index contributed by atoms with van der Waals surface area (Å²) in [6.07, 6.45) is 0.370. The fraction of sp³-hybridized carbons (Fsp3) is 0.308. The first-order valence-corrected chi connectivity index (χ1v) is 7.70. The maximum Gasteiger partial charge on any atom is 0.313 e. The standard InChI is InChI=1S/C13H12ClN3O3S/c14-7-1-2-10-9(3-7)16-13(21-6-12(19)20)17(10)8-4-11(18)15-5-8/h1-3,8H,4-6H2,(H,15,18)(H,19,20). The predicted octanol–water partition coefficient (Wildman–Crippen LogP) is 1.93. The summed E-state index contributed by atoms with van der Waals surface area (Å²) in [4.78, 5) is 26.7. The van der Waals surface area contributed by atoms with Gasteiger partial charge in [-0.15, -0.1) is 0 Å². The highest BCUT2D eigenvalue weighted by molar-refractivity contribution is 7.99. The Hall–Kier alpha value is -1.73. The molecule has 21 heavy (non-hydrogen) atoms. The average Bonchev–Trinajstić information content (AvgIpc) is 2.98. The molecular formula is C13H12ClN3O3S. The van der Waals surface area contributed by atoms with Crippen molar-refractivity contribution in [3.8, 4) is 0 Å². The molecule has 1 aliphatic heterocycles. The number of hydrogen-bond donors (Lipinski definition) is 2. The van der Waals surface area contributed by atoms with Crippen LogP contribution in [-0.4, -0.2) is 38.8 Å². The Labute approximate surface area is 129 Å². The third-order valence-electron chi connectivity index (χ3n) is 3.26. The minimum atomic E-state index is -0.905. The third-order valence-corrected chi connectivity index (χ3v) is 4.44. The zero-order valence-electron chi connectivity index (χ0n) is 10.9. The van der Waals surface area contributed by atoms with Gasteiger partial charge >= 0.3 is 5.97 Å². The number of thioether (sulfide) groups is 1. The van der Waals surface area contributed by atoms with E-state index in [1.165, 1.54) is 0 Å². The van der Waals surface area contributed by atoms with E-state index in [2.05, 4.69) is 10.3 Å². The Morgan fingerprint density at radius 2 is 2.38 bits per heavy atom. The van der Waals surface area contributed by atoms with Gasteiger partial charge in [-0.1, -0.05) is 23.4 Å². The smallest absolute Gasteiger partial charge is 0.313 e. The van der Waals surface area contributed by atoms with Crippen LogP contribution < -0.4 is 5.32 Å². The van der Waals surface area contributed by atoms with Crippen LogP contribution in [-0.2, 0) is 9.59 Å². The second-order valence-corrected chi connectivity index (χ2v) is 6.12. The monoisotopic (exact) mass is 325 g/mol. The number of halogens is 1. The van der Waals surface area contributed by atoms with Crippen molar-refractivity contribution in [2.45, 2.75) is 17.6 Å². The van der Waals surface area contributed by atoms with Gasteiger partial charge in [-0.05, 0) is 18.2 Å². The largest absolute Gasteiger partial charge is 0.481 e. The fourth-order valence-electron chi connectivity index (χ4n) is 2.40. The normalized spacial score (nSPS) is 18.1. The minimum Gasteiger partial charge on any atom is -0.481 e. The Morgan fingerprint density at radius 1 is 1.57 bits per heavy atom. The first kappa shape index (κ1) is 14.2. The molecule has 1 fully saturated rings. The first-order valence-electron chi connectivity index (χ1n) is 6.33. The molecule has 1 aromatic heterocycles. The third kappa shape index (κ3) is 2.84. The van der Waals surface area contributed by atoms with E-state index in [4.69, 9.17) is 16.7 Å². The molecular weight excluding hydrogens is 314 g/mol. The molecule has 0 radical (unpaired) electrons. The van der Waals surface area contributed by atoms with Crippen molar-refractivity contribution < 1.29 is 14.7 Å². The van der Waals surface area contributed by atoms with Gasteiger partial charge in [0.15, 0.2) is 5.16 Å². The fourth-order valence-corrected chi connectivity index (χ4v) is 3.37. The van der Waals surface area contributed by atoms with Gasteiger partial charge in [-0.25, -0.2) is 4.98 Å². The Morgan fingerprint density at radius 3 is 3.05 bits per heavy atom. The molecule has 6 nitrogen and oxygen atoms in total. The highest BCUT2D eigenvalue weighted by atomic mass is 35.5. The van der Waals surface area contributed by atoms with Crippen LogP contribution in [0.25, 0.3) is 11.0 Å². The van der Waals surface area contributed by atoms with Crippen LogP contribution in [0, 0.1) is 0 Å². The quantitative estimate of drug-likeness (QED) is 0.839. The van der Waals surface area contributed by atoms with E-state index in [9.17, 15) is 9.59 Å². The van der Waals surface area contributed by atoms with E-state index >= 15 is 0 Å². The maximum absolute atomic E-state index is 11.4. The number of rotatable bonds is 4. The molecule has 2 aromatic rings. The van der Waals surface area contributed by atoms with E-state index in [-0.39, 0.29) is 17.7 Å². The number of amides is 1. The second-order valence-electron chi connectivity index (χ2n) is 4.74. The summed E-state index contributed by atoms with van der Waals surface area (Å²) in [6.45, 7) is 0.521. The SMILES string of the molecule is O=C(O)CSc1nc2cc(Cl)ccc2n1C1CNC(=O)C1. The van der Waals surface area contributed by atoms with Crippen molar-refractivity contribution in [1.82, 2.24) is 14.9 Å². The first-order chi connectivity index (χ1) is 10.0. The number of aliphatic carboxylic acids is 1. The van der Waals surface area contributed by atoms with Gasteiger partial charge in [-0.3, -0.25) is 9.59 Å². The van der Waals surface area contributed by atoms with Gasteiger partial charge in [-0.2, -0.15) is 0 Å². The number of carboxylic acid groups (broad SMARTS) is 1. The molecule has 2 heterocycles. The van der Waals surface area contributed by atoms with Crippen LogP contribution in [0.1, 0.15) is 12.5 Å². The molecule has 0 spiro atoms. The van der Waals surface area contributed by atoms with Crippen molar-refractivity contribution in [3.63, 3.8) is 0 Å². The Balaban J connectivity index is 2.06. The van der Waals surface area contributed by atoms with Crippen molar-refractivity contribution in [3.05, 3.63) is 23.2 Å². The molecule has 0 saturated carbocycles. The molecule has 1 aromatic carbocycles. The lowest BCUT2D eigenvalue weighted by molar-refractivity contribution is -0.134. The molecule has 0 bridgehead atoms. The second kappa shape index (κ2) is 5.57. The highest BCUT2D eigenvalue weighted by Gasteiger charge is 2.27. The van der Waals surface area contributed by atoms with Gasteiger partial charge in [0.25, 0.3) is 0 Å². The van der Waals surface area contributed by atoms with Crippen molar-refractivity contribution in [2.24, 2.45) is 0 Å². The van der Waals surface area contributed by atoms with Crippen LogP contribution >= 0.6 is 23.4 Å². The summed E-state index contributed by atoms with van der Waals surface area (Å²) < 4.78 is 1.93. The topological polar surface area (TPSA) is 84.2 Å². The van der Waals surface area contributed by atoms with E-state index in [0.29, 0.717) is 28.7 Å². The molecule has 1 atom stereocenters. The van der Waals surface area contributed by atoms with Crippen LogP contribution in [0.15, 0.2) is 23.4 Å². The Kier molecular flexibility index (Phi) is 3.77. The summed E-state index contributed by atoms with van der Waals surface area (Å²) in [5.41, 5.74) is 1.56. The lowest BCUT2D eigenvalue weighted by Gasteiger charge is -2.14. The minimum absolute atomic E-state index is 0.00926. The van der Waals surface area contributed by atoms with E-state index in [1.807, 2.05) is 10.6 Å². The van der Waals surface area contributed by atoms with E-state index in [1.54, 1.807) is 12.1 Å². The van der Waals surface area contributed by atoms with Gasteiger partial charge in [0.05, 0.1) is 22.8 Å². The molecule has 8 heteroatoms. The molecule has 0 aliphatic carbocycles. The lowest BCUT2D eigenvalue weighted by atomic mass is 10.2. The number of carbonyl (C=O) groups is 2. The van der Waals surface area contributed by atoms with Crippen molar-refractivity contribution >= 4 is 46.3 Å². The van der Waals surface area contributed by atoms with Crippen LogP contribution in [0.5, 0.6) is 0 Å². The number of nitrogens with zero attached hydrogens (tertiary/aromatic N) is 2. The summed E-state index contributed by atoms with van der Waals surface area (Å²) in [7, 11) is 0. The van der Waals surface area contributed by atoms with Crippen molar-refractivity contribution in [2.75, 3.05) is 12.3 Å². The number of carbonyl (C=O) groups excluding carboxylic acids is 1. The summed E-state index contributed by atoms with van der Waals surface area (Å²) in [6, 6.07) is 5.29. The average molecular weight is 326 g/mol. The zero-order chi connectivity index (χ0) is 15.0. The molecule has 2 N–H and O–H groups in total. The van der Waals surface area contributed by atoms with Crippen LogP contribution in [0.4, 0.5) is 0 Å². The zero-order valence-corrected chi connectivity index (χ0v) is 12.4. The van der Waals surface area contributed by atoms with Crippen molar-refractivity contribution in [1.29, 1.82) is 0 Å². The molecule has 3 rings (SSSR count). The number of aromatic nitrogens is 2. The van der Waals surface area contributed by atoms with Gasteiger partial charge < -0.3 is 15.0 Å². The molecule has 1 amide bonds. The van der Waals surface area contributed by atoms with E-state index < -0.39 is 5.97 Å². The van der Waals surface area contributed by atoms with Gasteiger partial charge in [0.2, 0.25) is 5.91 Å². The van der Waals surface area contributed by atoms with Gasteiger partial charge in [0, 0.05) is 18.0 Å². The number of hydrogen-bond acceptors (Lipinski definition) is 4. The highest BCUT2D eigenvalue weighted by Crippen LogP contribution is 2.31. The van der Waals surface area contributed by atoms with E-state index in [0.717, 1.165) is 17.3 Å². The summed E-state index contributed by atoms with van der Waals surface area (Å²) in [5, 5.41) is 12.8. The molecule has 1 aliphatic rings. The number of imidazole rings is 1. The van der Waals surface area contributed by atoms with Gasteiger partial charge in [0.1, 0.15) is 0 Å². The molecule has 1 unspecified atom stereocenters. The molecule has 1 saturated heterocycles. The number of fused-ring (bicyclic) bond motifs is 1. The van der Waals surface area contributed by atoms with Crippen LogP contribution in [0.3, 0.4) is 0 Å². The number of carboxylic acids is 1. The van der Waals surface area contributed by atoms with Crippen LogP contribution in [0.2, 0.25) is 5.02 Å². The number of nitrogens with one attached hydrogen (secondary N) is 1. The summed E-state index contributed by atoms with van der Waals surface area (Å²) >= 11 is 7.12. The predicted molar refractivity (Wildman–Crippen MR) is 79.8 cm³/mol. The summed E-state index contributed by atoms with van der Waals surface area (Å²) in [5.74, 6) is -0.993. The number of benzene rings is 1. The Bertz CT molecular complexity index is 731. The lowest BCUT2D eigenvalue weighted by Crippen LogP contribution is -2.16. The maximum atomic E-state index is 11.4. The molecule has 110 valence electrons.